The van der Waals surface area contributed by atoms with Gasteiger partial charge in [0, 0.05) is 6.42 Å². The van der Waals surface area contributed by atoms with Gasteiger partial charge >= 0.3 is 0 Å². The minimum Gasteiger partial charge on any atom is -0.386 e. The fourth-order valence-electron chi connectivity index (χ4n) is 7.98. The smallest absolute Gasteiger partial charge is 0.155 e. The van der Waals surface area contributed by atoms with Crippen LogP contribution in [0.3, 0.4) is 0 Å². The summed E-state index contributed by atoms with van der Waals surface area (Å²) in [4.78, 5) is 12.0. The quantitative estimate of drug-likeness (QED) is 0.597. The van der Waals surface area contributed by atoms with Crippen LogP contribution in [0.15, 0.2) is 23.8 Å². The average molecular weight is 385 g/mol. The fourth-order valence-corrected chi connectivity index (χ4v) is 7.98. The Morgan fingerprint density at radius 3 is 2.57 bits per heavy atom. The van der Waals surface area contributed by atoms with Crippen molar-refractivity contribution in [2.45, 2.75) is 91.6 Å². The van der Waals surface area contributed by atoms with Crippen LogP contribution >= 0.6 is 0 Å². The van der Waals surface area contributed by atoms with E-state index in [-0.39, 0.29) is 5.41 Å². The van der Waals surface area contributed by atoms with Gasteiger partial charge in [0.15, 0.2) is 5.78 Å². The normalized spacial score (nSPS) is 44.6. The second-order valence-corrected chi connectivity index (χ2v) is 11.6. The molecule has 0 aromatic carbocycles. The molecule has 1 N–H and O–H groups in total. The van der Waals surface area contributed by atoms with Gasteiger partial charge in [-0.15, -0.1) is 0 Å². The number of ketones is 1. The maximum Gasteiger partial charge on any atom is 0.155 e. The van der Waals surface area contributed by atoms with Crippen LogP contribution in [0.4, 0.5) is 0 Å². The van der Waals surface area contributed by atoms with E-state index in [1.165, 1.54) is 37.7 Å². The molecule has 0 aromatic heterocycles. The van der Waals surface area contributed by atoms with Gasteiger partial charge in [-0.3, -0.25) is 4.79 Å². The van der Waals surface area contributed by atoms with Crippen LogP contribution in [0.2, 0.25) is 0 Å². The van der Waals surface area contributed by atoms with Crippen molar-refractivity contribution < 1.29 is 9.90 Å². The molecule has 156 valence electrons. The van der Waals surface area contributed by atoms with Crippen molar-refractivity contribution in [3.63, 3.8) is 0 Å². The Hall–Kier alpha value is -0.890. The number of rotatable bonds is 3. The van der Waals surface area contributed by atoms with Crippen LogP contribution in [0.25, 0.3) is 0 Å². The van der Waals surface area contributed by atoms with Crippen molar-refractivity contribution in [3.8, 4) is 0 Å². The molecule has 0 spiro atoms. The maximum absolute atomic E-state index is 12.0. The van der Waals surface area contributed by atoms with Crippen LogP contribution in [-0.2, 0) is 4.79 Å². The number of carbonyl (C=O) groups is 1. The summed E-state index contributed by atoms with van der Waals surface area (Å²) >= 11 is 0. The van der Waals surface area contributed by atoms with Gasteiger partial charge < -0.3 is 5.11 Å². The summed E-state index contributed by atoms with van der Waals surface area (Å²) in [5.41, 5.74) is 1.48. The average Bonchev–Trinajstić information content (AvgIpc) is 2.97. The Kier molecular flexibility index (Phi) is 4.97. The highest BCUT2D eigenvalue weighted by atomic mass is 16.3. The summed E-state index contributed by atoms with van der Waals surface area (Å²) in [5, 5.41) is 10.1. The lowest BCUT2D eigenvalue weighted by molar-refractivity contribution is -0.117. The lowest BCUT2D eigenvalue weighted by Gasteiger charge is -2.58. The molecule has 7 atom stereocenters. The van der Waals surface area contributed by atoms with Gasteiger partial charge in [0.1, 0.15) is 0 Å². The third-order valence-electron chi connectivity index (χ3n) is 9.48. The first-order valence-corrected chi connectivity index (χ1v) is 11.7. The molecule has 0 heterocycles. The summed E-state index contributed by atoms with van der Waals surface area (Å²) in [6.07, 6.45) is 15.9. The lowest BCUT2D eigenvalue weighted by Crippen LogP contribution is -2.50. The van der Waals surface area contributed by atoms with E-state index < -0.39 is 5.60 Å². The molecule has 0 radical (unpaired) electrons. The van der Waals surface area contributed by atoms with E-state index in [0.717, 1.165) is 42.9 Å². The first-order chi connectivity index (χ1) is 13.0. The summed E-state index contributed by atoms with van der Waals surface area (Å²) in [5.74, 6) is 4.07. The molecule has 0 aliphatic heterocycles. The molecule has 0 aromatic rings. The van der Waals surface area contributed by atoms with Crippen molar-refractivity contribution in [2.24, 2.45) is 40.4 Å². The standard InChI is InChI=1S/C26H40O2/c1-17(10-13-24(2,3)28)21-8-9-22-20-7-6-18-16-19(27)11-14-25(18,4)23(20)12-15-26(21,22)5/h10,13,16-17,20-23,28H,6-9,11-12,14-15H2,1-5H3. The zero-order valence-electron chi connectivity index (χ0n) is 18.6. The van der Waals surface area contributed by atoms with E-state index in [9.17, 15) is 9.90 Å². The Balaban J connectivity index is 1.56. The first-order valence-electron chi connectivity index (χ1n) is 11.7. The van der Waals surface area contributed by atoms with Crippen molar-refractivity contribution in [1.82, 2.24) is 0 Å². The molecule has 4 aliphatic rings. The van der Waals surface area contributed by atoms with Gasteiger partial charge in [-0.05, 0) is 105 Å². The maximum atomic E-state index is 12.0. The number of fused-ring (bicyclic) bond motifs is 5. The number of allylic oxidation sites excluding steroid dienone is 2. The van der Waals surface area contributed by atoms with E-state index in [1.54, 1.807) is 0 Å². The van der Waals surface area contributed by atoms with E-state index >= 15 is 0 Å². The van der Waals surface area contributed by atoms with E-state index in [2.05, 4.69) is 26.8 Å². The van der Waals surface area contributed by atoms with Crippen molar-refractivity contribution >= 4 is 5.78 Å². The number of aliphatic hydroxyl groups is 1. The summed E-state index contributed by atoms with van der Waals surface area (Å²) < 4.78 is 0. The van der Waals surface area contributed by atoms with Crippen LogP contribution < -0.4 is 0 Å². The number of carbonyl (C=O) groups excluding carboxylic acids is 1. The van der Waals surface area contributed by atoms with Crippen molar-refractivity contribution in [1.29, 1.82) is 0 Å². The highest BCUT2D eigenvalue weighted by Gasteiger charge is 2.59. The number of hydrogen-bond acceptors (Lipinski definition) is 2. The lowest BCUT2D eigenvalue weighted by atomic mass is 9.46. The van der Waals surface area contributed by atoms with Crippen molar-refractivity contribution in [3.05, 3.63) is 23.8 Å². The molecule has 7 unspecified atom stereocenters. The topological polar surface area (TPSA) is 37.3 Å². The number of hydrogen-bond donors (Lipinski definition) is 1. The van der Waals surface area contributed by atoms with Gasteiger partial charge in [-0.25, -0.2) is 0 Å². The molecule has 0 saturated heterocycles. The van der Waals surface area contributed by atoms with E-state index in [0.29, 0.717) is 17.1 Å². The molecular formula is C26H40O2. The zero-order chi connectivity index (χ0) is 20.3. The van der Waals surface area contributed by atoms with Gasteiger partial charge in [-0.1, -0.05) is 38.5 Å². The van der Waals surface area contributed by atoms with Crippen LogP contribution in [-0.4, -0.2) is 16.5 Å². The second kappa shape index (κ2) is 6.83. The molecular weight excluding hydrogens is 344 g/mol. The van der Waals surface area contributed by atoms with Gasteiger partial charge in [0.05, 0.1) is 5.60 Å². The molecule has 4 rings (SSSR count). The highest BCUT2D eigenvalue weighted by molar-refractivity contribution is 5.91. The molecule has 0 amide bonds. The monoisotopic (exact) mass is 384 g/mol. The summed E-state index contributed by atoms with van der Waals surface area (Å²) in [6, 6.07) is 0. The summed E-state index contributed by atoms with van der Waals surface area (Å²) in [6.45, 7) is 11.2. The SMILES string of the molecule is CC(C=CC(C)(C)O)C1CCC2C3CCC4=CC(=O)CCC4(C)C3CCC12C. The third kappa shape index (κ3) is 3.24. The third-order valence-corrected chi connectivity index (χ3v) is 9.48. The predicted molar refractivity (Wildman–Crippen MR) is 115 cm³/mol. The van der Waals surface area contributed by atoms with Crippen molar-refractivity contribution in [2.75, 3.05) is 0 Å². The molecule has 28 heavy (non-hydrogen) atoms. The summed E-state index contributed by atoms with van der Waals surface area (Å²) in [7, 11) is 0. The molecule has 0 bridgehead atoms. The minimum atomic E-state index is -0.718. The first kappa shape index (κ1) is 20.4. The Labute approximate surface area is 171 Å². The molecule has 4 aliphatic carbocycles. The van der Waals surface area contributed by atoms with E-state index in [1.807, 2.05) is 26.0 Å². The van der Waals surface area contributed by atoms with Gasteiger partial charge in [0.25, 0.3) is 0 Å². The van der Waals surface area contributed by atoms with Gasteiger partial charge in [0.2, 0.25) is 0 Å². The van der Waals surface area contributed by atoms with Crippen LogP contribution in [0.1, 0.15) is 86.0 Å². The molecule has 2 nitrogen and oxygen atoms in total. The fraction of sp³-hybridized carbons (Fsp3) is 0.808. The molecule has 3 saturated carbocycles. The van der Waals surface area contributed by atoms with Gasteiger partial charge in [-0.2, -0.15) is 0 Å². The Morgan fingerprint density at radius 1 is 1.11 bits per heavy atom. The van der Waals surface area contributed by atoms with Crippen LogP contribution in [0.5, 0.6) is 0 Å². The molecule has 3 fully saturated rings. The largest absolute Gasteiger partial charge is 0.386 e. The predicted octanol–water partition coefficient (Wildman–Crippen LogP) is 6.10. The van der Waals surface area contributed by atoms with E-state index in [4.69, 9.17) is 0 Å². The highest BCUT2D eigenvalue weighted by Crippen LogP contribution is 2.67. The zero-order valence-corrected chi connectivity index (χ0v) is 18.6. The van der Waals surface area contributed by atoms with Crippen LogP contribution in [0, 0.1) is 40.4 Å². The minimum absolute atomic E-state index is 0.280. The Bertz CT molecular complexity index is 696. The Morgan fingerprint density at radius 2 is 1.86 bits per heavy atom. The molecule has 2 heteroatoms. The second-order valence-electron chi connectivity index (χ2n) is 11.6.